The van der Waals surface area contributed by atoms with E-state index in [1.54, 1.807) is 12.1 Å². The van der Waals surface area contributed by atoms with Crippen LogP contribution in [0.1, 0.15) is 9.67 Å². The maximum Gasteiger partial charge on any atom is 0.226 e. The van der Waals surface area contributed by atoms with Gasteiger partial charge in [0.1, 0.15) is 6.54 Å². The highest BCUT2D eigenvalue weighted by molar-refractivity contribution is 7.17. The van der Waals surface area contributed by atoms with Crippen molar-refractivity contribution in [3.8, 4) is 0 Å². The molecule has 80 valence electrons. The molecule has 0 amide bonds. The molecule has 0 aliphatic heterocycles. The summed E-state index contributed by atoms with van der Waals surface area (Å²) in [5.41, 5.74) is 5.54. The van der Waals surface area contributed by atoms with Gasteiger partial charge in [0, 0.05) is 0 Å². The molecular formula is C9H15ClN2OS. The fourth-order valence-corrected chi connectivity index (χ4v) is 1.72. The summed E-state index contributed by atoms with van der Waals surface area (Å²) in [5.74, 6) is 0.161. The predicted octanol–water partition coefficient (Wildman–Crippen LogP) is -1.78. The standard InChI is InChI=1S/C9H14N2OS.ClH/c1-11(2,3)6-7(12)8-4-5-9(10)13-8;/h4-5H,6H2,1-3H3,(H-,10,12);1H. The maximum absolute atomic E-state index is 11.6. The number of thiophene rings is 1. The summed E-state index contributed by atoms with van der Waals surface area (Å²) in [7, 11) is 5.98. The zero-order chi connectivity index (χ0) is 10.1. The Hall–Kier alpha value is -0.580. The molecule has 14 heavy (non-hydrogen) atoms. The van der Waals surface area contributed by atoms with Crippen LogP contribution >= 0.6 is 11.3 Å². The van der Waals surface area contributed by atoms with Crippen molar-refractivity contribution in [3.05, 3.63) is 17.0 Å². The van der Waals surface area contributed by atoms with Gasteiger partial charge in [0.2, 0.25) is 5.78 Å². The Kier molecular flexibility index (Phi) is 4.58. The lowest BCUT2D eigenvalue weighted by atomic mass is 10.3. The van der Waals surface area contributed by atoms with Gasteiger partial charge in [0.25, 0.3) is 0 Å². The summed E-state index contributed by atoms with van der Waals surface area (Å²) in [5, 5.41) is 0.699. The summed E-state index contributed by atoms with van der Waals surface area (Å²) < 4.78 is 0.649. The van der Waals surface area contributed by atoms with E-state index in [9.17, 15) is 4.79 Å². The maximum atomic E-state index is 11.6. The molecule has 0 aromatic carbocycles. The van der Waals surface area contributed by atoms with E-state index in [2.05, 4.69) is 0 Å². The highest BCUT2D eigenvalue weighted by Crippen LogP contribution is 2.19. The number of likely N-dealkylation sites (N-methyl/N-ethyl adjacent to an activating group) is 1. The number of hydrogen-bond acceptors (Lipinski definition) is 3. The number of anilines is 1. The molecule has 2 N–H and O–H groups in total. The van der Waals surface area contributed by atoms with Gasteiger partial charge in [-0.25, -0.2) is 0 Å². The number of hydrogen-bond donors (Lipinski definition) is 1. The van der Waals surface area contributed by atoms with Crippen LogP contribution in [0.15, 0.2) is 12.1 Å². The van der Waals surface area contributed by atoms with Gasteiger partial charge in [-0.1, -0.05) is 0 Å². The quantitative estimate of drug-likeness (QED) is 0.497. The van der Waals surface area contributed by atoms with Gasteiger partial charge in [-0.15, -0.1) is 11.3 Å². The van der Waals surface area contributed by atoms with Crippen LogP contribution in [-0.2, 0) is 0 Å². The third-order valence-electron chi connectivity index (χ3n) is 1.52. The van der Waals surface area contributed by atoms with Crippen molar-refractivity contribution in [2.45, 2.75) is 0 Å². The topological polar surface area (TPSA) is 43.1 Å². The third-order valence-corrected chi connectivity index (χ3v) is 2.48. The molecule has 1 aromatic heterocycles. The fraction of sp³-hybridized carbons (Fsp3) is 0.444. The van der Waals surface area contributed by atoms with Crippen LogP contribution in [0.5, 0.6) is 0 Å². The van der Waals surface area contributed by atoms with E-state index in [0.29, 0.717) is 16.0 Å². The number of carbonyl (C=O) groups excluding carboxylic acids is 1. The number of halogens is 1. The zero-order valence-electron chi connectivity index (χ0n) is 8.58. The summed E-state index contributed by atoms with van der Waals surface area (Å²) in [4.78, 5) is 12.4. The van der Waals surface area contributed by atoms with E-state index < -0.39 is 0 Å². The molecule has 0 saturated carbocycles. The van der Waals surface area contributed by atoms with Gasteiger partial charge >= 0.3 is 0 Å². The average molecular weight is 235 g/mol. The smallest absolute Gasteiger partial charge is 0.226 e. The largest absolute Gasteiger partial charge is 1.00 e. The van der Waals surface area contributed by atoms with E-state index in [0.717, 1.165) is 4.88 Å². The normalized spacial score (nSPS) is 10.8. The Morgan fingerprint density at radius 2 is 2.00 bits per heavy atom. The third kappa shape index (κ3) is 4.09. The summed E-state index contributed by atoms with van der Waals surface area (Å²) in [6.45, 7) is 0.514. The molecule has 0 bridgehead atoms. The second-order valence-electron chi connectivity index (χ2n) is 4.07. The molecule has 0 aliphatic rings. The minimum atomic E-state index is 0. The molecule has 1 aromatic rings. The first-order valence-corrected chi connectivity index (χ1v) is 4.89. The van der Waals surface area contributed by atoms with Crippen molar-refractivity contribution in [1.29, 1.82) is 0 Å². The number of nitrogen functional groups attached to an aromatic ring is 1. The Morgan fingerprint density at radius 3 is 2.36 bits per heavy atom. The van der Waals surface area contributed by atoms with Crippen LogP contribution in [0.3, 0.4) is 0 Å². The number of quaternary nitrogens is 1. The van der Waals surface area contributed by atoms with Crippen molar-refractivity contribution in [1.82, 2.24) is 0 Å². The predicted molar refractivity (Wildman–Crippen MR) is 56.0 cm³/mol. The van der Waals surface area contributed by atoms with Crippen LogP contribution in [0.2, 0.25) is 0 Å². The molecule has 0 atom stereocenters. The van der Waals surface area contributed by atoms with E-state index in [-0.39, 0.29) is 18.2 Å². The van der Waals surface area contributed by atoms with Gasteiger partial charge in [0.15, 0.2) is 0 Å². The first-order valence-electron chi connectivity index (χ1n) is 4.07. The lowest BCUT2D eigenvalue weighted by Crippen LogP contribution is -3.00. The van der Waals surface area contributed by atoms with Gasteiger partial charge in [-0.3, -0.25) is 4.79 Å². The van der Waals surface area contributed by atoms with Crippen molar-refractivity contribution >= 4 is 22.1 Å². The molecule has 0 radical (unpaired) electrons. The second kappa shape index (κ2) is 4.77. The molecule has 0 saturated heterocycles. The van der Waals surface area contributed by atoms with Gasteiger partial charge in [-0.2, -0.15) is 0 Å². The lowest BCUT2D eigenvalue weighted by molar-refractivity contribution is -0.861. The molecule has 0 fully saturated rings. The Labute approximate surface area is 94.5 Å². The summed E-state index contributed by atoms with van der Waals surface area (Å²) in [6.07, 6.45) is 0. The Bertz CT molecular complexity index is 317. The molecular weight excluding hydrogens is 220 g/mol. The van der Waals surface area contributed by atoms with Crippen LogP contribution in [0, 0.1) is 0 Å². The van der Waals surface area contributed by atoms with Crippen LogP contribution in [-0.4, -0.2) is 38.0 Å². The molecule has 0 spiro atoms. The fourth-order valence-electron chi connectivity index (χ4n) is 1.01. The first kappa shape index (κ1) is 13.4. The van der Waals surface area contributed by atoms with Crippen molar-refractivity contribution < 1.29 is 21.7 Å². The monoisotopic (exact) mass is 234 g/mol. The van der Waals surface area contributed by atoms with E-state index in [4.69, 9.17) is 5.73 Å². The average Bonchev–Trinajstić information content (AvgIpc) is 2.31. The number of rotatable bonds is 3. The van der Waals surface area contributed by atoms with E-state index >= 15 is 0 Å². The number of Topliss-reactive ketones (excluding diaryl/α,β-unsaturated/α-hetero) is 1. The van der Waals surface area contributed by atoms with E-state index in [1.165, 1.54) is 11.3 Å². The van der Waals surface area contributed by atoms with Gasteiger partial charge in [-0.05, 0) is 12.1 Å². The highest BCUT2D eigenvalue weighted by Gasteiger charge is 2.17. The number of nitrogens with zero attached hydrogens (tertiary/aromatic N) is 1. The Morgan fingerprint density at radius 1 is 1.43 bits per heavy atom. The Balaban J connectivity index is 0.00000169. The number of nitrogens with two attached hydrogens (primary N) is 1. The highest BCUT2D eigenvalue weighted by atomic mass is 35.5. The van der Waals surface area contributed by atoms with Crippen LogP contribution in [0.4, 0.5) is 5.00 Å². The lowest BCUT2D eigenvalue weighted by Gasteiger charge is -2.22. The summed E-state index contributed by atoms with van der Waals surface area (Å²) in [6, 6.07) is 3.56. The van der Waals surface area contributed by atoms with Crippen LogP contribution < -0.4 is 18.1 Å². The minimum Gasteiger partial charge on any atom is -1.00 e. The molecule has 5 heteroatoms. The first-order chi connectivity index (χ1) is 5.88. The molecule has 1 heterocycles. The molecule has 3 nitrogen and oxygen atoms in total. The van der Waals surface area contributed by atoms with E-state index in [1.807, 2.05) is 21.1 Å². The second-order valence-corrected chi connectivity index (χ2v) is 5.19. The minimum absolute atomic E-state index is 0. The van der Waals surface area contributed by atoms with Crippen LogP contribution in [0.25, 0.3) is 0 Å². The van der Waals surface area contributed by atoms with Crippen molar-refractivity contribution in [2.75, 3.05) is 33.4 Å². The SMILES string of the molecule is C[N+](C)(C)CC(=O)c1ccc(N)s1.[Cl-]. The summed E-state index contributed by atoms with van der Waals surface area (Å²) >= 11 is 1.35. The zero-order valence-corrected chi connectivity index (χ0v) is 10.2. The molecule has 0 aliphatic carbocycles. The molecule has 0 unspecified atom stereocenters. The van der Waals surface area contributed by atoms with Crippen molar-refractivity contribution in [2.24, 2.45) is 0 Å². The number of carbonyl (C=O) groups is 1. The van der Waals surface area contributed by atoms with Gasteiger partial charge in [0.05, 0.1) is 31.0 Å². The number of ketones is 1. The van der Waals surface area contributed by atoms with Crippen molar-refractivity contribution in [3.63, 3.8) is 0 Å². The molecule has 1 rings (SSSR count). The van der Waals surface area contributed by atoms with Gasteiger partial charge < -0.3 is 22.6 Å².